The third kappa shape index (κ3) is 2.70. The van der Waals surface area contributed by atoms with Crippen LogP contribution in [0.2, 0.25) is 0 Å². The lowest BCUT2D eigenvalue weighted by molar-refractivity contribution is 0.205. The minimum atomic E-state index is -1.13. The van der Waals surface area contributed by atoms with Crippen LogP contribution in [0.3, 0.4) is 0 Å². The van der Waals surface area contributed by atoms with Gasteiger partial charge in [0.15, 0.2) is 0 Å². The van der Waals surface area contributed by atoms with E-state index in [1.807, 2.05) is 0 Å². The number of aryl methyl sites for hydroxylation is 1. The van der Waals surface area contributed by atoms with Crippen molar-refractivity contribution in [3.63, 3.8) is 0 Å². The molecule has 5 nitrogen and oxygen atoms in total. The number of rotatable bonds is 4. The highest BCUT2D eigenvalue weighted by Crippen LogP contribution is 2.30. The highest BCUT2D eigenvalue weighted by atomic mass is 19.1. The van der Waals surface area contributed by atoms with Crippen LogP contribution >= 0.6 is 0 Å². The minimum absolute atomic E-state index is 0.139. The number of methoxy groups -OCH3 is 2. The van der Waals surface area contributed by atoms with Gasteiger partial charge in [-0.05, 0) is 30.2 Å². The molecule has 0 fully saturated rings. The first-order chi connectivity index (χ1) is 9.56. The van der Waals surface area contributed by atoms with Gasteiger partial charge < -0.3 is 14.6 Å². The van der Waals surface area contributed by atoms with Gasteiger partial charge in [0, 0.05) is 0 Å². The molecule has 1 atom stereocenters. The van der Waals surface area contributed by atoms with Gasteiger partial charge in [-0.3, -0.25) is 0 Å². The number of hydrogen-bond acceptors (Lipinski definition) is 5. The van der Waals surface area contributed by atoms with Crippen molar-refractivity contribution in [3.05, 3.63) is 47.0 Å². The summed E-state index contributed by atoms with van der Waals surface area (Å²) in [6, 6.07) is 4.20. The Labute approximate surface area is 116 Å². The highest BCUT2D eigenvalue weighted by molar-refractivity contribution is 5.37. The maximum atomic E-state index is 13.3. The highest BCUT2D eigenvalue weighted by Gasteiger charge is 2.21. The molecule has 0 radical (unpaired) electrons. The molecule has 1 N–H and O–H groups in total. The van der Waals surface area contributed by atoms with Gasteiger partial charge in [-0.2, -0.15) is 4.98 Å². The van der Waals surface area contributed by atoms with Crippen LogP contribution in [-0.4, -0.2) is 29.3 Å². The van der Waals surface area contributed by atoms with Crippen molar-refractivity contribution >= 4 is 0 Å². The van der Waals surface area contributed by atoms with E-state index in [-0.39, 0.29) is 17.5 Å². The van der Waals surface area contributed by atoms with Gasteiger partial charge >= 0.3 is 0 Å². The molecule has 6 heteroatoms. The van der Waals surface area contributed by atoms with Crippen molar-refractivity contribution in [2.24, 2.45) is 0 Å². The fourth-order valence-corrected chi connectivity index (χ4v) is 1.86. The Bertz CT molecular complexity index is 619. The summed E-state index contributed by atoms with van der Waals surface area (Å²) in [6.45, 7) is 1.78. The standard InChI is InChI=1S/C14H15FN2O3/c1-8-4-5-9(15)6-10(8)13(18)12-14(20-3)17-11(19-2)7-16-12/h4-7,13,18H,1-3H3. The van der Waals surface area contributed by atoms with Crippen LogP contribution in [0.4, 0.5) is 4.39 Å². The average molecular weight is 278 g/mol. The second kappa shape index (κ2) is 5.83. The van der Waals surface area contributed by atoms with E-state index in [9.17, 15) is 9.50 Å². The fraction of sp³-hybridized carbons (Fsp3) is 0.286. The first-order valence-corrected chi connectivity index (χ1v) is 5.96. The fourth-order valence-electron chi connectivity index (χ4n) is 1.86. The number of aliphatic hydroxyl groups is 1. The topological polar surface area (TPSA) is 64.5 Å². The van der Waals surface area contributed by atoms with Crippen LogP contribution in [0, 0.1) is 12.7 Å². The zero-order valence-electron chi connectivity index (χ0n) is 11.4. The molecule has 0 bridgehead atoms. The predicted molar refractivity (Wildman–Crippen MR) is 70.3 cm³/mol. The lowest BCUT2D eigenvalue weighted by atomic mass is 10.0. The zero-order chi connectivity index (χ0) is 14.7. The second-order valence-electron chi connectivity index (χ2n) is 4.21. The van der Waals surface area contributed by atoms with E-state index in [1.165, 1.54) is 32.5 Å². The van der Waals surface area contributed by atoms with Crippen molar-refractivity contribution in [2.45, 2.75) is 13.0 Å². The van der Waals surface area contributed by atoms with Crippen LogP contribution in [0.25, 0.3) is 0 Å². The van der Waals surface area contributed by atoms with Gasteiger partial charge in [-0.1, -0.05) is 6.07 Å². The monoisotopic (exact) mass is 278 g/mol. The predicted octanol–water partition coefficient (Wildman–Crippen LogP) is 2.02. The number of benzene rings is 1. The molecule has 1 aromatic carbocycles. The Balaban J connectivity index is 2.47. The summed E-state index contributed by atoms with van der Waals surface area (Å²) >= 11 is 0. The minimum Gasteiger partial charge on any atom is -0.480 e. The Morgan fingerprint density at radius 1 is 1.25 bits per heavy atom. The number of aliphatic hydroxyl groups excluding tert-OH is 1. The van der Waals surface area contributed by atoms with E-state index >= 15 is 0 Å². The van der Waals surface area contributed by atoms with Crippen LogP contribution in [0.5, 0.6) is 11.8 Å². The van der Waals surface area contributed by atoms with E-state index in [1.54, 1.807) is 13.0 Å². The summed E-state index contributed by atoms with van der Waals surface area (Å²) in [4.78, 5) is 8.13. The Morgan fingerprint density at radius 2 is 2.00 bits per heavy atom. The van der Waals surface area contributed by atoms with Gasteiger partial charge in [0.05, 0.1) is 20.4 Å². The lowest BCUT2D eigenvalue weighted by Gasteiger charge is -2.15. The van der Waals surface area contributed by atoms with Gasteiger partial charge in [0.25, 0.3) is 0 Å². The van der Waals surface area contributed by atoms with Crippen LogP contribution < -0.4 is 9.47 Å². The van der Waals surface area contributed by atoms with Crippen LogP contribution in [-0.2, 0) is 0 Å². The molecular weight excluding hydrogens is 263 g/mol. The molecule has 1 aromatic heterocycles. The summed E-state index contributed by atoms with van der Waals surface area (Å²) in [5.41, 5.74) is 1.38. The lowest BCUT2D eigenvalue weighted by Crippen LogP contribution is -2.09. The average Bonchev–Trinajstić information content (AvgIpc) is 2.48. The molecule has 0 aliphatic rings. The van der Waals surface area contributed by atoms with E-state index in [2.05, 4.69) is 9.97 Å². The Hall–Kier alpha value is -2.21. The molecular formula is C14H15FN2O3. The van der Waals surface area contributed by atoms with Crippen LogP contribution in [0.1, 0.15) is 22.9 Å². The van der Waals surface area contributed by atoms with Crippen molar-refractivity contribution in [1.29, 1.82) is 0 Å². The maximum absolute atomic E-state index is 13.3. The van der Waals surface area contributed by atoms with E-state index < -0.39 is 11.9 Å². The zero-order valence-corrected chi connectivity index (χ0v) is 11.4. The summed E-state index contributed by atoms with van der Waals surface area (Å²) in [5, 5.41) is 10.4. The molecule has 0 saturated heterocycles. The van der Waals surface area contributed by atoms with Gasteiger partial charge in [-0.25, -0.2) is 9.37 Å². The number of nitrogens with zero attached hydrogens (tertiary/aromatic N) is 2. The SMILES string of the molecule is COc1cnc(C(O)c2cc(F)ccc2C)c(OC)n1. The molecule has 2 rings (SSSR count). The number of hydrogen-bond donors (Lipinski definition) is 1. The molecule has 0 spiro atoms. The second-order valence-corrected chi connectivity index (χ2v) is 4.21. The number of halogens is 1. The third-order valence-electron chi connectivity index (χ3n) is 2.94. The van der Waals surface area contributed by atoms with Crippen LogP contribution in [0.15, 0.2) is 24.4 Å². The third-order valence-corrected chi connectivity index (χ3v) is 2.94. The molecule has 0 aliphatic carbocycles. The largest absolute Gasteiger partial charge is 0.480 e. The van der Waals surface area contributed by atoms with E-state index in [0.717, 1.165) is 5.56 Å². The van der Waals surface area contributed by atoms with Gasteiger partial charge in [0.2, 0.25) is 11.8 Å². The number of ether oxygens (including phenoxy) is 2. The molecule has 20 heavy (non-hydrogen) atoms. The van der Waals surface area contributed by atoms with Crippen molar-refractivity contribution in [3.8, 4) is 11.8 Å². The molecule has 106 valence electrons. The van der Waals surface area contributed by atoms with E-state index in [4.69, 9.17) is 9.47 Å². The Morgan fingerprint density at radius 3 is 2.65 bits per heavy atom. The molecule has 1 unspecified atom stereocenters. The molecule has 0 aliphatic heterocycles. The first-order valence-electron chi connectivity index (χ1n) is 5.96. The van der Waals surface area contributed by atoms with Gasteiger partial charge in [0.1, 0.15) is 17.6 Å². The van der Waals surface area contributed by atoms with Crippen molar-refractivity contribution in [2.75, 3.05) is 14.2 Å². The smallest absolute Gasteiger partial charge is 0.241 e. The maximum Gasteiger partial charge on any atom is 0.241 e. The summed E-state index contributed by atoms with van der Waals surface area (Å²) in [6.07, 6.45) is 0.245. The summed E-state index contributed by atoms with van der Waals surface area (Å²) in [7, 11) is 2.87. The Kier molecular flexibility index (Phi) is 4.14. The first kappa shape index (κ1) is 14.2. The number of aromatic nitrogens is 2. The summed E-state index contributed by atoms with van der Waals surface area (Å²) in [5.74, 6) is -0.0145. The van der Waals surface area contributed by atoms with E-state index in [0.29, 0.717) is 5.56 Å². The quantitative estimate of drug-likeness (QED) is 0.927. The molecule has 0 amide bonds. The molecule has 0 saturated carbocycles. The molecule has 2 aromatic rings. The summed E-state index contributed by atoms with van der Waals surface area (Å²) < 4.78 is 23.4. The van der Waals surface area contributed by atoms with Crippen molar-refractivity contribution < 1.29 is 19.0 Å². The van der Waals surface area contributed by atoms with Crippen molar-refractivity contribution in [1.82, 2.24) is 9.97 Å². The molecule has 1 heterocycles. The normalized spacial score (nSPS) is 12.1. The van der Waals surface area contributed by atoms with Gasteiger partial charge in [-0.15, -0.1) is 0 Å².